The highest BCUT2D eigenvalue weighted by atomic mass is 79.9. The van der Waals surface area contributed by atoms with Crippen molar-refractivity contribution in [3.05, 3.63) is 33.3 Å². The molecule has 1 aromatic carbocycles. The van der Waals surface area contributed by atoms with Crippen LogP contribution in [0.5, 0.6) is 0 Å². The van der Waals surface area contributed by atoms with Crippen LogP contribution in [0.25, 0.3) is 0 Å². The highest BCUT2D eigenvalue weighted by Gasteiger charge is 2.20. The molecule has 0 aromatic heterocycles. The molecule has 0 radical (unpaired) electrons. The standard InChI is InChI=1S/C10H9BrClNO2/c11-6-1-2-7(8(12)5-6)10(15)9(14)3-4-13/h1-2,5,9-10,14-15H,3H2. The second kappa shape index (κ2) is 5.47. The third kappa shape index (κ3) is 3.18. The van der Waals surface area contributed by atoms with E-state index in [-0.39, 0.29) is 6.42 Å². The minimum Gasteiger partial charge on any atom is -0.389 e. The number of nitriles is 1. The Labute approximate surface area is 101 Å². The summed E-state index contributed by atoms with van der Waals surface area (Å²) in [6.45, 7) is 0. The molecular formula is C10H9BrClNO2. The van der Waals surface area contributed by atoms with Crippen molar-refractivity contribution in [3.63, 3.8) is 0 Å². The minimum absolute atomic E-state index is 0.131. The summed E-state index contributed by atoms with van der Waals surface area (Å²) >= 11 is 9.12. The van der Waals surface area contributed by atoms with Gasteiger partial charge in [-0.15, -0.1) is 0 Å². The monoisotopic (exact) mass is 289 g/mol. The molecule has 5 heteroatoms. The lowest BCUT2D eigenvalue weighted by Gasteiger charge is -2.16. The first-order valence-corrected chi connectivity index (χ1v) is 5.41. The minimum atomic E-state index is -1.13. The molecule has 0 spiro atoms. The van der Waals surface area contributed by atoms with Gasteiger partial charge in [0.25, 0.3) is 0 Å². The largest absolute Gasteiger partial charge is 0.389 e. The van der Waals surface area contributed by atoms with E-state index in [9.17, 15) is 10.2 Å². The van der Waals surface area contributed by atoms with Crippen LogP contribution in [0, 0.1) is 11.3 Å². The van der Waals surface area contributed by atoms with Gasteiger partial charge in [-0.25, -0.2) is 0 Å². The van der Waals surface area contributed by atoms with Gasteiger partial charge in [-0.3, -0.25) is 0 Å². The number of aliphatic hydroxyl groups excluding tert-OH is 2. The molecule has 2 atom stereocenters. The van der Waals surface area contributed by atoms with Crippen LogP contribution < -0.4 is 0 Å². The molecule has 80 valence electrons. The Hall–Kier alpha value is -0.600. The lowest BCUT2D eigenvalue weighted by molar-refractivity contribution is 0.0217. The number of halogens is 2. The van der Waals surface area contributed by atoms with Crippen LogP contribution in [-0.4, -0.2) is 16.3 Å². The number of nitrogens with zero attached hydrogens (tertiary/aromatic N) is 1. The summed E-state index contributed by atoms with van der Waals surface area (Å²) in [6.07, 6.45) is -2.38. The number of hydrogen-bond donors (Lipinski definition) is 2. The summed E-state index contributed by atoms with van der Waals surface area (Å²) in [5.74, 6) is 0. The number of rotatable bonds is 3. The third-order valence-electron chi connectivity index (χ3n) is 1.95. The van der Waals surface area contributed by atoms with E-state index in [0.717, 1.165) is 4.47 Å². The molecule has 2 N–H and O–H groups in total. The van der Waals surface area contributed by atoms with Crippen molar-refractivity contribution in [2.75, 3.05) is 0 Å². The maximum Gasteiger partial charge on any atom is 0.107 e. The van der Waals surface area contributed by atoms with E-state index < -0.39 is 12.2 Å². The number of aliphatic hydroxyl groups is 2. The van der Waals surface area contributed by atoms with E-state index in [4.69, 9.17) is 16.9 Å². The van der Waals surface area contributed by atoms with E-state index in [2.05, 4.69) is 15.9 Å². The molecule has 0 aliphatic rings. The molecule has 1 aromatic rings. The van der Waals surface area contributed by atoms with E-state index >= 15 is 0 Å². The van der Waals surface area contributed by atoms with Crippen molar-refractivity contribution in [3.8, 4) is 6.07 Å². The molecule has 0 amide bonds. The first-order chi connectivity index (χ1) is 7.06. The summed E-state index contributed by atoms with van der Waals surface area (Å²) in [5, 5.41) is 27.9. The zero-order valence-electron chi connectivity index (χ0n) is 7.69. The lowest BCUT2D eigenvalue weighted by atomic mass is 10.0. The maximum atomic E-state index is 9.69. The van der Waals surface area contributed by atoms with Gasteiger partial charge in [0, 0.05) is 15.1 Å². The normalized spacial score (nSPS) is 14.3. The summed E-state index contributed by atoms with van der Waals surface area (Å²) in [5.41, 5.74) is 0.419. The molecule has 2 unspecified atom stereocenters. The Morgan fingerprint density at radius 3 is 2.67 bits per heavy atom. The van der Waals surface area contributed by atoms with Gasteiger partial charge in [-0.2, -0.15) is 5.26 Å². The van der Waals surface area contributed by atoms with Gasteiger partial charge < -0.3 is 10.2 Å². The number of benzene rings is 1. The predicted octanol–water partition coefficient (Wildman–Crippen LogP) is 2.41. The van der Waals surface area contributed by atoms with E-state index in [0.29, 0.717) is 10.6 Å². The smallest absolute Gasteiger partial charge is 0.107 e. The Bertz CT molecular complexity index is 391. The van der Waals surface area contributed by atoms with Crippen molar-refractivity contribution >= 4 is 27.5 Å². The van der Waals surface area contributed by atoms with E-state index in [1.807, 2.05) is 0 Å². The van der Waals surface area contributed by atoms with Crippen molar-refractivity contribution in [2.24, 2.45) is 0 Å². The predicted molar refractivity (Wildman–Crippen MR) is 60.3 cm³/mol. The highest BCUT2D eigenvalue weighted by molar-refractivity contribution is 9.10. The lowest BCUT2D eigenvalue weighted by Crippen LogP contribution is -2.17. The van der Waals surface area contributed by atoms with Gasteiger partial charge >= 0.3 is 0 Å². The average Bonchev–Trinajstić information content (AvgIpc) is 2.17. The number of hydrogen-bond acceptors (Lipinski definition) is 3. The molecule has 3 nitrogen and oxygen atoms in total. The summed E-state index contributed by atoms with van der Waals surface area (Å²) < 4.78 is 0.790. The zero-order valence-corrected chi connectivity index (χ0v) is 10.0. The van der Waals surface area contributed by atoms with Gasteiger partial charge in [0.05, 0.1) is 18.6 Å². The first kappa shape index (κ1) is 12.5. The van der Waals surface area contributed by atoms with Crippen molar-refractivity contribution in [2.45, 2.75) is 18.6 Å². The molecule has 0 fully saturated rings. The average molecular weight is 291 g/mol. The summed E-state index contributed by atoms with van der Waals surface area (Å²) in [4.78, 5) is 0. The molecule has 1 rings (SSSR count). The Morgan fingerprint density at radius 1 is 1.47 bits per heavy atom. The SMILES string of the molecule is N#CCC(O)C(O)c1ccc(Br)cc1Cl. The molecule has 15 heavy (non-hydrogen) atoms. The fraction of sp³-hybridized carbons (Fsp3) is 0.300. The van der Waals surface area contributed by atoms with E-state index in [1.54, 1.807) is 24.3 Å². The Morgan fingerprint density at radius 2 is 2.13 bits per heavy atom. The Balaban J connectivity index is 2.91. The van der Waals surface area contributed by atoms with Crippen LogP contribution in [0.15, 0.2) is 22.7 Å². The van der Waals surface area contributed by atoms with Crippen LogP contribution >= 0.6 is 27.5 Å². The third-order valence-corrected chi connectivity index (χ3v) is 2.77. The summed E-state index contributed by atoms with van der Waals surface area (Å²) in [6, 6.07) is 6.73. The highest BCUT2D eigenvalue weighted by Crippen LogP contribution is 2.28. The fourth-order valence-electron chi connectivity index (χ4n) is 1.15. The van der Waals surface area contributed by atoms with Crippen LogP contribution in [-0.2, 0) is 0 Å². The molecule has 0 aliphatic heterocycles. The molecule has 0 saturated carbocycles. The zero-order chi connectivity index (χ0) is 11.4. The van der Waals surface area contributed by atoms with Crippen LogP contribution in [0.1, 0.15) is 18.1 Å². The van der Waals surface area contributed by atoms with Gasteiger partial charge in [0.2, 0.25) is 0 Å². The quantitative estimate of drug-likeness (QED) is 0.898. The topological polar surface area (TPSA) is 64.2 Å². The molecule has 0 bridgehead atoms. The van der Waals surface area contributed by atoms with Crippen LogP contribution in [0.2, 0.25) is 5.02 Å². The Kier molecular flexibility index (Phi) is 4.55. The molecular weight excluding hydrogens is 281 g/mol. The fourth-order valence-corrected chi connectivity index (χ4v) is 1.94. The van der Waals surface area contributed by atoms with Gasteiger partial charge in [-0.05, 0) is 12.1 Å². The van der Waals surface area contributed by atoms with Crippen LogP contribution in [0.3, 0.4) is 0 Å². The van der Waals surface area contributed by atoms with Gasteiger partial charge in [-0.1, -0.05) is 33.6 Å². The molecule has 0 heterocycles. The van der Waals surface area contributed by atoms with Gasteiger partial charge in [0.15, 0.2) is 0 Å². The second-order valence-electron chi connectivity index (χ2n) is 3.04. The van der Waals surface area contributed by atoms with Crippen molar-refractivity contribution in [1.82, 2.24) is 0 Å². The van der Waals surface area contributed by atoms with Crippen molar-refractivity contribution < 1.29 is 10.2 Å². The van der Waals surface area contributed by atoms with Gasteiger partial charge in [0.1, 0.15) is 6.10 Å². The molecule has 0 aliphatic carbocycles. The summed E-state index contributed by atoms with van der Waals surface area (Å²) in [7, 11) is 0. The maximum absolute atomic E-state index is 9.69. The van der Waals surface area contributed by atoms with E-state index in [1.165, 1.54) is 0 Å². The second-order valence-corrected chi connectivity index (χ2v) is 4.36. The van der Waals surface area contributed by atoms with Crippen LogP contribution in [0.4, 0.5) is 0 Å². The van der Waals surface area contributed by atoms with Crippen molar-refractivity contribution in [1.29, 1.82) is 5.26 Å². The molecule has 0 saturated heterocycles. The first-order valence-electron chi connectivity index (χ1n) is 4.24.